The maximum Gasteiger partial charge on any atom is 0.128 e. The van der Waals surface area contributed by atoms with Crippen molar-refractivity contribution in [1.82, 2.24) is 14.5 Å². The molecule has 1 aromatic heterocycles. The van der Waals surface area contributed by atoms with Crippen molar-refractivity contribution < 1.29 is 0 Å². The predicted molar refractivity (Wildman–Crippen MR) is 55.2 cm³/mol. The highest BCUT2D eigenvalue weighted by atomic mass is 15.3. The van der Waals surface area contributed by atoms with Crippen molar-refractivity contribution in [3.63, 3.8) is 0 Å². The van der Waals surface area contributed by atoms with Crippen molar-refractivity contribution in [2.75, 3.05) is 6.54 Å². The summed E-state index contributed by atoms with van der Waals surface area (Å²) in [6.45, 7) is 6.78. The molecule has 0 spiro atoms. The van der Waals surface area contributed by atoms with E-state index in [1.807, 2.05) is 12.4 Å². The van der Waals surface area contributed by atoms with Gasteiger partial charge in [0.25, 0.3) is 0 Å². The molecule has 0 radical (unpaired) electrons. The number of hydrogen-bond acceptors (Lipinski definition) is 2. The van der Waals surface area contributed by atoms with Gasteiger partial charge in [0.15, 0.2) is 0 Å². The lowest BCUT2D eigenvalue weighted by molar-refractivity contribution is 0.316. The van der Waals surface area contributed by atoms with Crippen LogP contribution in [0.15, 0.2) is 12.4 Å². The fourth-order valence-corrected chi connectivity index (χ4v) is 1.74. The summed E-state index contributed by atoms with van der Waals surface area (Å²) in [6.07, 6.45) is 3.84. The monoisotopic (exact) mass is 192 g/mol. The van der Waals surface area contributed by atoms with Crippen LogP contribution in [0.1, 0.15) is 19.7 Å². The third-order valence-electron chi connectivity index (χ3n) is 2.63. The lowest BCUT2D eigenvalue weighted by Gasteiger charge is -2.31. The molecule has 76 valence electrons. The second-order valence-electron chi connectivity index (χ2n) is 4.00. The molecule has 0 aromatic carbocycles. The van der Waals surface area contributed by atoms with Gasteiger partial charge in [-0.3, -0.25) is 5.41 Å². The molecular formula is C10H16N4. The molecule has 0 fully saturated rings. The summed E-state index contributed by atoms with van der Waals surface area (Å²) in [4.78, 5) is 6.38. The van der Waals surface area contributed by atoms with E-state index in [0.29, 0.717) is 5.92 Å². The molecule has 1 N–H and O–H groups in total. The quantitative estimate of drug-likeness (QED) is 0.539. The number of aromatic nitrogens is 2. The minimum Gasteiger partial charge on any atom is -0.351 e. The predicted octanol–water partition coefficient (Wildman–Crippen LogP) is 1.33. The van der Waals surface area contributed by atoms with Gasteiger partial charge in [0, 0.05) is 31.4 Å². The number of amidine groups is 1. The number of fused-ring (bicyclic) bond motifs is 1. The molecule has 0 unspecified atom stereocenters. The van der Waals surface area contributed by atoms with Gasteiger partial charge in [0.05, 0.1) is 12.4 Å². The van der Waals surface area contributed by atoms with Crippen molar-refractivity contribution in [2.45, 2.75) is 26.9 Å². The van der Waals surface area contributed by atoms with Crippen LogP contribution in [0.4, 0.5) is 0 Å². The molecule has 0 atom stereocenters. The molecular weight excluding hydrogens is 176 g/mol. The standard InChI is InChI=1S/C10H16N4/c1-8(2)10(11)14-6-5-13-4-3-12-9(13)7-14/h3-4,8,11H,5-7H2,1-2H3. The molecule has 1 aliphatic heterocycles. The second kappa shape index (κ2) is 3.44. The summed E-state index contributed by atoms with van der Waals surface area (Å²) in [5, 5.41) is 7.92. The van der Waals surface area contributed by atoms with E-state index in [9.17, 15) is 0 Å². The van der Waals surface area contributed by atoms with Gasteiger partial charge in [-0.15, -0.1) is 0 Å². The summed E-state index contributed by atoms with van der Waals surface area (Å²) >= 11 is 0. The highest BCUT2D eigenvalue weighted by Gasteiger charge is 2.19. The zero-order valence-corrected chi connectivity index (χ0v) is 8.70. The van der Waals surface area contributed by atoms with Crippen LogP contribution in [0.2, 0.25) is 0 Å². The molecule has 4 heteroatoms. The lowest BCUT2D eigenvalue weighted by Crippen LogP contribution is -2.39. The van der Waals surface area contributed by atoms with Crippen molar-refractivity contribution in [3.8, 4) is 0 Å². The van der Waals surface area contributed by atoms with Crippen molar-refractivity contribution in [2.24, 2.45) is 5.92 Å². The van der Waals surface area contributed by atoms with Gasteiger partial charge < -0.3 is 9.47 Å². The molecule has 0 bridgehead atoms. The summed E-state index contributed by atoms with van der Waals surface area (Å²) < 4.78 is 2.16. The Balaban J connectivity index is 2.11. The lowest BCUT2D eigenvalue weighted by atomic mass is 10.1. The van der Waals surface area contributed by atoms with Gasteiger partial charge >= 0.3 is 0 Å². The fourth-order valence-electron chi connectivity index (χ4n) is 1.74. The number of nitrogens with zero attached hydrogens (tertiary/aromatic N) is 3. The Kier molecular flexibility index (Phi) is 2.27. The molecule has 14 heavy (non-hydrogen) atoms. The van der Waals surface area contributed by atoms with E-state index in [-0.39, 0.29) is 0 Å². The molecule has 0 saturated carbocycles. The van der Waals surface area contributed by atoms with Crippen molar-refractivity contribution in [3.05, 3.63) is 18.2 Å². The summed E-state index contributed by atoms with van der Waals surface area (Å²) in [7, 11) is 0. The molecule has 2 rings (SSSR count). The SMILES string of the molecule is CC(C)C(=N)N1CCn2ccnc2C1. The van der Waals surface area contributed by atoms with Gasteiger partial charge in [-0.25, -0.2) is 4.98 Å². The van der Waals surface area contributed by atoms with Gasteiger partial charge in [0.1, 0.15) is 5.82 Å². The van der Waals surface area contributed by atoms with Gasteiger partial charge in [-0.2, -0.15) is 0 Å². The minimum absolute atomic E-state index is 0.302. The van der Waals surface area contributed by atoms with Crippen LogP contribution in [0.25, 0.3) is 0 Å². The van der Waals surface area contributed by atoms with Crippen molar-refractivity contribution in [1.29, 1.82) is 5.41 Å². The first-order chi connectivity index (χ1) is 6.68. The van der Waals surface area contributed by atoms with Crippen LogP contribution in [0.5, 0.6) is 0 Å². The topological polar surface area (TPSA) is 44.9 Å². The van der Waals surface area contributed by atoms with Crippen molar-refractivity contribution >= 4 is 5.84 Å². The number of hydrogen-bond donors (Lipinski definition) is 1. The average Bonchev–Trinajstić information content (AvgIpc) is 2.62. The van der Waals surface area contributed by atoms with Gasteiger partial charge in [0.2, 0.25) is 0 Å². The van der Waals surface area contributed by atoms with Crippen LogP contribution < -0.4 is 0 Å². The van der Waals surface area contributed by atoms with E-state index in [4.69, 9.17) is 5.41 Å². The maximum absolute atomic E-state index is 7.92. The van der Waals surface area contributed by atoms with E-state index >= 15 is 0 Å². The van der Waals surface area contributed by atoms with Gasteiger partial charge in [-0.1, -0.05) is 13.8 Å². The smallest absolute Gasteiger partial charge is 0.128 e. The molecule has 0 amide bonds. The van der Waals surface area contributed by atoms with Crippen LogP contribution in [0.3, 0.4) is 0 Å². The van der Waals surface area contributed by atoms with E-state index in [0.717, 1.165) is 31.3 Å². The molecule has 0 saturated heterocycles. The Hall–Kier alpha value is -1.32. The molecule has 4 nitrogen and oxygen atoms in total. The molecule has 2 heterocycles. The summed E-state index contributed by atoms with van der Waals surface area (Å²) in [6, 6.07) is 0. The van der Waals surface area contributed by atoms with E-state index in [1.165, 1.54) is 0 Å². The Bertz CT molecular complexity index is 340. The largest absolute Gasteiger partial charge is 0.351 e. The highest BCUT2D eigenvalue weighted by Crippen LogP contribution is 2.12. The number of nitrogens with one attached hydrogen (secondary N) is 1. The first kappa shape index (κ1) is 9.24. The van der Waals surface area contributed by atoms with Gasteiger partial charge in [-0.05, 0) is 0 Å². The summed E-state index contributed by atoms with van der Waals surface area (Å²) in [5.41, 5.74) is 0. The fraction of sp³-hybridized carbons (Fsp3) is 0.600. The number of imidazole rings is 1. The van der Waals surface area contributed by atoms with Crippen LogP contribution in [-0.4, -0.2) is 26.8 Å². The van der Waals surface area contributed by atoms with Crippen LogP contribution in [0, 0.1) is 11.3 Å². The maximum atomic E-state index is 7.92. The first-order valence-corrected chi connectivity index (χ1v) is 5.02. The van der Waals surface area contributed by atoms with Crippen LogP contribution in [-0.2, 0) is 13.1 Å². The second-order valence-corrected chi connectivity index (χ2v) is 4.00. The molecule has 1 aliphatic rings. The first-order valence-electron chi connectivity index (χ1n) is 5.02. The molecule has 1 aromatic rings. The number of rotatable bonds is 1. The van der Waals surface area contributed by atoms with Crippen LogP contribution >= 0.6 is 0 Å². The Morgan fingerprint density at radius 2 is 2.29 bits per heavy atom. The zero-order chi connectivity index (χ0) is 10.1. The third-order valence-corrected chi connectivity index (χ3v) is 2.63. The minimum atomic E-state index is 0.302. The van der Waals surface area contributed by atoms with E-state index in [2.05, 4.69) is 28.3 Å². The summed E-state index contributed by atoms with van der Waals surface area (Å²) in [5.74, 6) is 2.09. The highest BCUT2D eigenvalue weighted by molar-refractivity contribution is 5.80. The Morgan fingerprint density at radius 3 is 3.00 bits per heavy atom. The normalized spacial score (nSPS) is 15.8. The Labute approximate surface area is 84.1 Å². The average molecular weight is 192 g/mol. The molecule has 0 aliphatic carbocycles. The van der Waals surface area contributed by atoms with E-state index in [1.54, 1.807) is 0 Å². The van der Waals surface area contributed by atoms with E-state index < -0.39 is 0 Å². The third kappa shape index (κ3) is 1.52. The zero-order valence-electron chi connectivity index (χ0n) is 8.70. The Morgan fingerprint density at radius 1 is 1.50 bits per heavy atom.